The van der Waals surface area contributed by atoms with E-state index in [1.807, 2.05) is 30.2 Å². The fraction of sp³-hybridized carbons (Fsp3) is 0.308. The normalized spacial score (nSPS) is 12.6. The summed E-state index contributed by atoms with van der Waals surface area (Å²) in [6, 6.07) is 8.69. The van der Waals surface area contributed by atoms with Crippen LogP contribution in [0.25, 0.3) is 0 Å². The van der Waals surface area contributed by atoms with Crippen LogP contribution in [0.3, 0.4) is 0 Å². The average molecular weight is 294 g/mol. The van der Waals surface area contributed by atoms with Crippen molar-refractivity contribution >= 4 is 15.9 Å². The molecule has 0 bridgehead atoms. The summed E-state index contributed by atoms with van der Waals surface area (Å²) in [6.45, 7) is 3.00. The summed E-state index contributed by atoms with van der Waals surface area (Å²) in [7, 11) is 1.93. The van der Waals surface area contributed by atoms with Gasteiger partial charge in [0.1, 0.15) is 0 Å². The topological polar surface area (TPSA) is 29.9 Å². The van der Waals surface area contributed by atoms with Gasteiger partial charge < -0.3 is 5.32 Å². The zero-order chi connectivity index (χ0) is 12.3. The summed E-state index contributed by atoms with van der Waals surface area (Å²) in [5.74, 6) is 0. The molecule has 0 aliphatic rings. The highest BCUT2D eigenvalue weighted by molar-refractivity contribution is 9.10. The Bertz CT molecular complexity index is 493. The number of nitrogens with one attached hydrogen (secondary N) is 1. The minimum absolute atomic E-state index is 0.327. The third-order valence-electron chi connectivity index (χ3n) is 2.72. The predicted octanol–water partition coefficient (Wildman–Crippen LogP) is 3.03. The first-order valence-corrected chi connectivity index (χ1v) is 6.41. The first-order chi connectivity index (χ1) is 8.15. The first-order valence-electron chi connectivity index (χ1n) is 5.61. The SMILES string of the molecule is C[C@H](NCc1cnn(C)c1)c1cccc(Br)c1. The third-order valence-corrected chi connectivity index (χ3v) is 3.21. The average Bonchev–Trinajstić information content (AvgIpc) is 2.72. The van der Waals surface area contributed by atoms with Gasteiger partial charge in [-0.05, 0) is 24.6 Å². The molecule has 0 saturated carbocycles. The smallest absolute Gasteiger partial charge is 0.0534 e. The molecule has 0 aliphatic carbocycles. The lowest BCUT2D eigenvalue weighted by Gasteiger charge is -2.13. The number of halogens is 1. The quantitative estimate of drug-likeness (QED) is 0.939. The summed E-state index contributed by atoms with van der Waals surface area (Å²) in [5.41, 5.74) is 2.48. The number of benzene rings is 1. The Balaban J connectivity index is 1.95. The second-order valence-corrected chi connectivity index (χ2v) is 5.10. The molecule has 2 rings (SSSR count). The molecule has 1 aromatic carbocycles. The van der Waals surface area contributed by atoms with Crippen LogP contribution in [0, 0.1) is 0 Å². The van der Waals surface area contributed by atoms with Gasteiger partial charge >= 0.3 is 0 Å². The van der Waals surface area contributed by atoms with Gasteiger partial charge in [0.25, 0.3) is 0 Å². The summed E-state index contributed by atoms with van der Waals surface area (Å²) in [5, 5.41) is 7.63. The molecule has 0 saturated heterocycles. The first kappa shape index (κ1) is 12.3. The molecule has 4 heteroatoms. The Morgan fingerprint density at radius 3 is 2.94 bits per heavy atom. The van der Waals surface area contributed by atoms with E-state index in [1.165, 1.54) is 11.1 Å². The highest BCUT2D eigenvalue weighted by Crippen LogP contribution is 2.18. The molecule has 1 atom stereocenters. The van der Waals surface area contributed by atoms with E-state index in [-0.39, 0.29) is 0 Å². The van der Waals surface area contributed by atoms with Crippen molar-refractivity contribution in [2.75, 3.05) is 0 Å². The number of hydrogen-bond donors (Lipinski definition) is 1. The number of nitrogens with zero attached hydrogens (tertiary/aromatic N) is 2. The maximum Gasteiger partial charge on any atom is 0.0534 e. The van der Waals surface area contributed by atoms with Crippen molar-refractivity contribution in [3.05, 3.63) is 52.3 Å². The summed E-state index contributed by atoms with van der Waals surface area (Å²) in [6.07, 6.45) is 3.92. The maximum atomic E-state index is 4.15. The molecular formula is C13H16BrN3. The molecular weight excluding hydrogens is 278 g/mol. The Morgan fingerprint density at radius 2 is 2.29 bits per heavy atom. The molecule has 90 valence electrons. The molecule has 1 N–H and O–H groups in total. The molecule has 0 aliphatic heterocycles. The Labute approximate surface area is 110 Å². The molecule has 1 heterocycles. The second kappa shape index (κ2) is 5.47. The highest BCUT2D eigenvalue weighted by atomic mass is 79.9. The molecule has 0 spiro atoms. The fourth-order valence-corrected chi connectivity index (χ4v) is 2.14. The van der Waals surface area contributed by atoms with Crippen LogP contribution < -0.4 is 5.32 Å². The van der Waals surface area contributed by atoms with Gasteiger partial charge in [-0.2, -0.15) is 5.10 Å². The monoisotopic (exact) mass is 293 g/mol. The molecule has 2 aromatic rings. The van der Waals surface area contributed by atoms with Gasteiger partial charge in [-0.3, -0.25) is 4.68 Å². The van der Waals surface area contributed by atoms with Gasteiger partial charge in [-0.25, -0.2) is 0 Å². The molecule has 17 heavy (non-hydrogen) atoms. The van der Waals surface area contributed by atoms with Crippen molar-refractivity contribution in [2.24, 2.45) is 7.05 Å². The van der Waals surface area contributed by atoms with Crippen molar-refractivity contribution in [3.63, 3.8) is 0 Å². The lowest BCUT2D eigenvalue weighted by Crippen LogP contribution is -2.17. The Morgan fingerprint density at radius 1 is 1.47 bits per heavy atom. The van der Waals surface area contributed by atoms with Gasteiger partial charge in [0.05, 0.1) is 6.20 Å². The van der Waals surface area contributed by atoms with Gasteiger partial charge in [-0.15, -0.1) is 0 Å². The van der Waals surface area contributed by atoms with E-state index in [9.17, 15) is 0 Å². The zero-order valence-corrected chi connectivity index (χ0v) is 11.6. The van der Waals surface area contributed by atoms with Crippen molar-refractivity contribution in [3.8, 4) is 0 Å². The molecule has 0 unspecified atom stereocenters. The predicted molar refractivity (Wildman–Crippen MR) is 72.6 cm³/mol. The van der Waals surface area contributed by atoms with E-state index < -0.39 is 0 Å². The standard InChI is InChI=1S/C13H16BrN3/c1-10(12-4-3-5-13(14)6-12)15-7-11-8-16-17(2)9-11/h3-6,8-10,15H,7H2,1-2H3/t10-/m0/s1. The van der Waals surface area contributed by atoms with E-state index in [0.29, 0.717) is 6.04 Å². The van der Waals surface area contributed by atoms with Gasteiger partial charge in [0.2, 0.25) is 0 Å². The van der Waals surface area contributed by atoms with Crippen LogP contribution >= 0.6 is 15.9 Å². The van der Waals surface area contributed by atoms with Crippen LogP contribution in [-0.2, 0) is 13.6 Å². The van der Waals surface area contributed by atoms with E-state index >= 15 is 0 Å². The minimum Gasteiger partial charge on any atom is -0.306 e. The molecule has 0 radical (unpaired) electrons. The Kier molecular flexibility index (Phi) is 3.97. The highest BCUT2D eigenvalue weighted by Gasteiger charge is 2.05. The van der Waals surface area contributed by atoms with E-state index in [4.69, 9.17) is 0 Å². The largest absolute Gasteiger partial charge is 0.306 e. The van der Waals surface area contributed by atoms with Crippen LogP contribution in [0.15, 0.2) is 41.1 Å². The van der Waals surface area contributed by atoms with Crippen molar-refractivity contribution in [1.82, 2.24) is 15.1 Å². The number of aromatic nitrogens is 2. The summed E-state index contributed by atoms with van der Waals surface area (Å²) in [4.78, 5) is 0. The molecule has 0 fully saturated rings. The van der Waals surface area contributed by atoms with Crippen molar-refractivity contribution in [2.45, 2.75) is 19.5 Å². The number of hydrogen-bond acceptors (Lipinski definition) is 2. The zero-order valence-electron chi connectivity index (χ0n) is 10.0. The van der Waals surface area contributed by atoms with Crippen LogP contribution in [0.4, 0.5) is 0 Å². The molecule has 3 nitrogen and oxygen atoms in total. The van der Waals surface area contributed by atoms with Crippen LogP contribution in [-0.4, -0.2) is 9.78 Å². The van der Waals surface area contributed by atoms with Crippen molar-refractivity contribution in [1.29, 1.82) is 0 Å². The van der Waals surface area contributed by atoms with Crippen LogP contribution in [0.5, 0.6) is 0 Å². The lowest BCUT2D eigenvalue weighted by atomic mass is 10.1. The minimum atomic E-state index is 0.327. The summed E-state index contributed by atoms with van der Waals surface area (Å²) < 4.78 is 2.94. The van der Waals surface area contributed by atoms with Gasteiger partial charge in [0, 0.05) is 35.9 Å². The van der Waals surface area contributed by atoms with E-state index in [2.05, 4.69) is 51.5 Å². The number of rotatable bonds is 4. The lowest BCUT2D eigenvalue weighted by molar-refractivity contribution is 0.574. The molecule has 0 amide bonds. The fourth-order valence-electron chi connectivity index (χ4n) is 1.73. The summed E-state index contributed by atoms with van der Waals surface area (Å²) >= 11 is 3.49. The molecule has 1 aromatic heterocycles. The van der Waals surface area contributed by atoms with Gasteiger partial charge in [-0.1, -0.05) is 28.1 Å². The van der Waals surface area contributed by atoms with Gasteiger partial charge in [0.15, 0.2) is 0 Å². The van der Waals surface area contributed by atoms with Crippen molar-refractivity contribution < 1.29 is 0 Å². The third kappa shape index (κ3) is 3.41. The van der Waals surface area contributed by atoms with Crippen LogP contribution in [0.2, 0.25) is 0 Å². The van der Waals surface area contributed by atoms with E-state index in [0.717, 1.165) is 11.0 Å². The second-order valence-electron chi connectivity index (χ2n) is 4.18. The van der Waals surface area contributed by atoms with E-state index in [1.54, 1.807) is 0 Å². The number of aryl methyl sites for hydroxylation is 1. The van der Waals surface area contributed by atoms with Crippen LogP contribution in [0.1, 0.15) is 24.1 Å². The maximum absolute atomic E-state index is 4.15. The Hall–Kier alpha value is -1.13.